The van der Waals surface area contributed by atoms with E-state index >= 15 is 0 Å². The Bertz CT molecular complexity index is 365. The Morgan fingerprint density at radius 1 is 1.22 bits per heavy atom. The molecule has 0 aliphatic carbocycles. The van der Waals surface area contributed by atoms with Crippen LogP contribution in [-0.2, 0) is 4.79 Å². The van der Waals surface area contributed by atoms with Gasteiger partial charge in [-0.15, -0.1) is 0 Å². The molecule has 2 atom stereocenters. The molecule has 0 aromatic heterocycles. The van der Waals surface area contributed by atoms with Gasteiger partial charge in [-0.05, 0) is 26.3 Å². The van der Waals surface area contributed by atoms with Crippen molar-refractivity contribution >= 4 is 5.91 Å². The fourth-order valence-electron chi connectivity index (χ4n) is 1.58. The molecule has 4 nitrogen and oxygen atoms in total. The minimum Gasteiger partial charge on any atom is -0.387 e. The number of hydrogen-bond donors (Lipinski definition) is 3. The molecule has 18 heavy (non-hydrogen) atoms. The van der Waals surface area contributed by atoms with Gasteiger partial charge in [-0.2, -0.15) is 0 Å². The van der Waals surface area contributed by atoms with Gasteiger partial charge in [0, 0.05) is 12.6 Å². The topological polar surface area (TPSA) is 61.4 Å². The average Bonchev–Trinajstić information content (AvgIpc) is 2.35. The predicted molar refractivity (Wildman–Crippen MR) is 72.1 cm³/mol. The number of carbonyl (C=O) groups excluding carboxylic acids is 1. The van der Waals surface area contributed by atoms with Crippen molar-refractivity contribution in [3.05, 3.63) is 35.9 Å². The summed E-state index contributed by atoms with van der Waals surface area (Å²) in [5.41, 5.74) is 0.849. The average molecular weight is 250 g/mol. The quantitative estimate of drug-likeness (QED) is 0.711. The molecule has 1 aromatic rings. The molecular weight excluding hydrogens is 228 g/mol. The molecular formula is C14H22N2O2. The van der Waals surface area contributed by atoms with Crippen molar-refractivity contribution in [3.8, 4) is 0 Å². The van der Waals surface area contributed by atoms with E-state index in [1.165, 1.54) is 0 Å². The van der Waals surface area contributed by atoms with Crippen molar-refractivity contribution in [1.29, 1.82) is 0 Å². The maximum absolute atomic E-state index is 11.6. The molecule has 0 aliphatic rings. The van der Waals surface area contributed by atoms with Crippen LogP contribution in [0.2, 0.25) is 0 Å². The Morgan fingerprint density at radius 2 is 1.83 bits per heavy atom. The maximum Gasteiger partial charge on any atom is 0.237 e. The zero-order chi connectivity index (χ0) is 13.5. The number of benzene rings is 1. The van der Waals surface area contributed by atoms with Crippen molar-refractivity contribution < 1.29 is 9.90 Å². The van der Waals surface area contributed by atoms with Crippen molar-refractivity contribution in [2.45, 2.75) is 39.0 Å². The van der Waals surface area contributed by atoms with E-state index in [2.05, 4.69) is 10.6 Å². The molecule has 1 amide bonds. The molecule has 4 heteroatoms. The molecule has 1 aromatic carbocycles. The first-order chi connectivity index (χ1) is 8.50. The highest BCUT2D eigenvalue weighted by Crippen LogP contribution is 2.10. The third-order valence-electron chi connectivity index (χ3n) is 2.63. The summed E-state index contributed by atoms with van der Waals surface area (Å²) < 4.78 is 0. The number of aliphatic hydroxyl groups excluding tert-OH is 1. The molecule has 0 saturated heterocycles. The van der Waals surface area contributed by atoms with Crippen LogP contribution in [0, 0.1) is 0 Å². The molecule has 0 heterocycles. The van der Waals surface area contributed by atoms with Gasteiger partial charge in [0.1, 0.15) is 0 Å². The van der Waals surface area contributed by atoms with Gasteiger partial charge < -0.3 is 15.7 Å². The van der Waals surface area contributed by atoms with Crippen molar-refractivity contribution in [3.63, 3.8) is 0 Å². The first-order valence-electron chi connectivity index (χ1n) is 6.27. The van der Waals surface area contributed by atoms with Crippen LogP contribution in [0.15, 0.2) is 30.3 Å². The Balaban J connectivity index is 2.38. The Morgan fingerprint density at radius 3 is 2.39 bits per heavy atom. The fourth-order valence-corrected chi connectivity index (χ4v) is 1.58. The summed E-state index contributed by atoms with van der Waals surface area (Å²) in [5, 5.41) is 15.8. The maximum atomic E-state index is 11.6. The van der Waals surface area contributed by atoms with Gasteiger partial charge in [-0.3, -0.25) is 4.79 Å². The molecule has 2 unspecified atom stereocenters. The van der Waals surface area contributed by atoms with Crippen LogP contribution in [0.3, 0.4) is 0 Å². The zero-order valence-electron chi connectivity index (χ0n) is 11.2. The summed E-state index contributed by atoms with van der Waals surface area (Å²) in [7, 11) is 0. The molecule has 0 aliphatic heterocycles. The van der Waals surface area contributed by atoms with Crippen molar-refractivity contribution in [2.75, 3.05) is 6.54 Å². The van der Waals surface area contributed by atoms with Crippen LogP contribution in [0.4, 0.5) is 0 Å². The van der Waals surface area contributed by atoms with E-state index in [0.29, 0.717) is 6.54 Å². The van der Waals surface area contributed by atoms with E-state index in [9.17, 15) is 9.90 Å². The summed E-state index contributed by atoms with van der Waals surface area (Å²) in [6, 6.07) is 9.21. The van der Waals surface area contributed by atoms with Crippen LogP contribution >= 0.6 is 0 Å². The third kappa shape index (κ3) is 4.85. The molecule has 3 N–H and O–H groups in total. The van der Waals surface area contributed by atoms with Gasteiger partial charge in [-0.25, -0.2) is 0 Å². The lowest BCUT2D eigenvalue weighted by Crippen LogP contribution is -2.45. The lowest BCUT2D eigenvalue weighted by atomic mass is 10.1. The first-order valence-corrected chi connectivity index (χ1v) is 6.27. The summed E-state index contributed by atoms with van der Waals surface area (Å²) in [6.45, 7) is 5.99. The molecule has 1 rings (SSSR count). The standard InChI is InChI=1S/C14H22N2O2/c1-10(2)16-14(18)11(3)15-9-13(17)12-7-5-4-6-8-12/h4-8,10-11,13,15,17H,9H2,1-3H3,(H,16,18). The molecule has 0 saturated carbocycles. The largest absolute Gasteiger partial charge is 0.387 e. The molecule has 0 fully saturated rings. The second-order valence-corrected chi connectivity index (χ2v) is 4.72. The van der Waals surface area contributed by atoms with E-state index in [-0.39, 0.29) is 18.0 Å². The number of nitrogens with one attached hydrogen (secondary N) is 2. The number of rotatable bonds is 6. The highest BCUT2D eigenvalue weighted by Gasteiger charge is 2.15. The normalized spacial score (nSPS) is 14.3. The van der Waals surface area contributed by atoms with Gasteiger partial charge in [0.05, 0.1) is 12.1 Å². The smallest absolute Gasteiger partial charge is 0.237 e. The van der Waals surface area contributed by atoms with E-state index in [4.69, 9.17) is 0 Å². The molecule has 0 bridgehead atoms. The Hall–Kier alpha value is -1.39. The van der Waals surface area contributed by atoms with Crippen LogP contribution in [-0.4, -0.2) is 29.6 Å². The van der Waals surface area contributed by atoms with Gasteiger partial charge in [-0.1, -0.05) is 30.3 Å². The monoisotopic (exact) mass is 250 g/mol. The SMILES string of the molecule is CC(C)NC(=O)C(C)NCC(O)c1ccccc1. The molecule has 0 radical (unpaired) electrons. The lowest BCUT2D eigenvalue weighted by Gasteiger charge is -2.18. The minimum absolute atomic E-state index is 0.0507. The fraction of sp³-hybridized carbons (Fsp3) is 0.500. The second-order valence-electron chi connectivity index (χ2n) is 4.72. The van der Waals surface area contributed by atoms with E-state index in [1.807, 2.05) is 44.2 Å². The van der Waals surface area contributed by atoms with Gasteiger partial charge >= 0.3 is 0 Å². The van der Waals surface area contributed by atoms with E-state index < -0.39 is 6.10 Å². The summed E-state index contributed by atoms with van der Waals surface area (Å²) in [6.07, 6.45) is -0.597. The van der Waals surface area contributed by atoms with Crippen LogP contribution in [0.25, 0.3) is 0 Å². The Labute approximate surface area is 108 Å². The van der Waals surface area contributed by atoms with Crippen LogP contribution in [0.5, 0.6) is 0 Å². The summed E-state index contributed by atoms with van der Waals surface area (Å²) in [4.78, 5) is 11.6. The summed E-state index contributed by atoms with van der Waals surface area (Å²) >= 11 is 0. The van der Waals surface area contributed by atoms with Crippen LogP contribution < -0.4 is 10.6 Å². The first kappa shape index (κ1) is 14.7. The van der Waals surface area contributed by atoms with Crippen LogP contribution in [0.1, 0.15) is 32.4 Å². The zero-order valence-corrected chi connectivity index (χ0v) is 11.2. The van der Waals surface area contributed by atoms with Crippen molar-refractivity contribution in [2.24, 2.45) is 0 Å². The van der Waals surface area contributed by atoms with Gasteiger partial charge in [0.25, 0.3) is 0 Å². The number of hydrogen-bond acceptors (Lipinski definition) is 3. The van der Waals surface area contributed by atoms with Crippen molar-refractivity contribution in [1.82, 2.24) is 10.6 Å². The summed E-state index contributed by atoms with van der Waals surface area (Å²) in [5.74, 6) is -0.0507. The third-order valence-corrected chi connectivity index (χ3v) is 2.63. The highest BCUT2D eigenvalue weighted by atomic mass is 16.3. The number of carbonyl (C=O) groups is 1. The Kier molecular flexibility index (Phi) is 5.82. The predicted octanol–water partition coefficient (Wildman–Crippen LogP) is 1.22. The molecule has 100 valence electrons. The molecule has 0 spiro atoms. The lowest BCUT2D eigenvalue weighted by molar-refractivity contribution is -0.123. The highest BCUT2D eigenvalue weighted by molar-refractivity contribution is 5.81. The van der Waals surface area contributed by atoms with E-state index in [1.54, 1.807) is 6.92 Å². The second kappa shape index (κ2) is 7.13. The van der Waals surface area contributed by atoms with Gasteiger partial charge in [0.2, 0.25) is 5.91 Å². The van der Waals surface area contributed by atoms with Gasteiger partial charge in [0.15, 0.2) is 0 Å². The number of aliphatic hydroxyl groups is 1. The number of amides is 1. The van der Waals surface area contributed by atoms with E-state index in [0.717, 1.165) is 5.56 Å². The minimum atomic E-state index is -0.597.